The molecule has 7 heteroatoms. The monoisotopic (exact) mass is 394 g/mol. The molecule has 2 heterocycles. The smallest absolute Gasteiger partial charge is 0.336 e. The maximum Gasteiger partial charge on any atom is 0.336 e. The molecule has 0 aliphatic rings. The first-order chi connectivity index (χ1) is 13.5. The van der Waals surface area contributed by atoms with E-state index < -0.39 is 5.63 Å². The zero-order chi connectivity index (χ0) is 19.7. The second-order valence-electron chi connectivity index (χ2n) is 6.30. The third-order valence-corrected chi connectivity index (χ3v) is 5.48. The number of nitrogens with zero attached hydrogens (tertiary/aromatic N) is 2. The Balaban J connectivity index is 1.52. The molecule has 0 aliphatic heterocycles. The lowest BCUT2D eigenvalue weighted by molar-refractivity contribution is -0.120. The van der Waals surface area contributed by atoms with Crippen LogP contribution >= 0.6 is 11.3 Å². The van der Waals surface area contributed by atoms with E-state index in [1.54, 1.807) is 17.0 Å². The first-order valence-electron chi connectivity index (χ1n) is 8.88. The number of hydrogen-bond donors (Lipinski definition) is 0. The van der Waals surface area contributed by atoms with E-state index in [1.165, 1.54) is 17.4 Å². The van der Waals surface area contributed by atoms with Crippen LogP contribution in [0.1, 0.15) is 12.5 Å². The Morgan fingerprint density at radius 3 is 2.82 bits per heavy atom. The fraction of sp³-hybridized carbons (Fsp3) is 0.190. The fourth-order valence-corrected chi connectivity index (χ4v) is 4.06. The number of hydrogen-bond acceptors (Lipinski definition) is 6. The van der Waals surface area contributed by atoms with Gasteiger partial charge in [0.2, 0.25) is 0 Å². The fourth-order valence-electron chi connectivity index (χ4n) is 3.01. The maximum atomic E-state index is 12.7. The predicted octanol–water partition coefficient (Wildman–Crippen LogP) is 4.14. The van der Waals surface area contributed by atoms with Gasteiger partial charge in [0.1, 0.15) is 11.3 Å². The number of ether oxygens (including phenoxy) is 1. The molecule has 0 radical (unpaired) electrons. The lowest BCUT2D eigenvalue weighted by atomic mass is 10.1. The molecule has 4 rings (SSSR count). The van der Waals surface area contributed by atoms with E-state index in [4.69, 9.17) is 9.15 Å². The number of aryl methyl sites for hydroxylation is 1. The summed E-state index contributed by atoms with van der Waals surface area (Å²) in [6.45, 7) is 4.11. The molecular formula is C21H18N2O4S. The van der Waals surface area contributed by atoms with Gasteiger partial charge in [0.15, 0.2) is 11.7 Å². The summed E-state index contributed by atoms with van der Waals surface area (Å²) < 4.78 is 11.9. The molecule has 2 aromatic heterocycles. The normalized spacial score (nSPS) is 11.1. The maximum absolute atomic E-state index is 12.7. The Hall–Kier alpha value is -3.19. The van der Waals surface area contributed by atoms with Crippen LogP contribution in [0.25, 0.3) is 21.2 Å². The van der Waals surface area contributed by atoms with Gasteiger partial charge in [0.25, 0.3) is 5.91 Å². The summed E-state index contributed by atoms with van der Waals surface area (Å²) >= 11 is 1.47. The molecule has 0 saturated carbocycles. The summed E-state index contributed by atoms with van der Waals surface area (Å²) in [4.78, 5) is 30.4. The molecule has 2 aromatic carbocycles. The van der Waals surface area contributed by atoms with E-state index in [9.17, 15) is 9.59 Å². The topological polar surface area (TPSA) is 72.6 Å². The Bertz CT molecular complexity index is 1200. The van der Waals surface area contributed by atoms with E-state index in [1.807, 2.05) is 44.2 Å². The third-order valence-electron chi connectivity index (χ3n) is 4.42. The Morgan fingerprint density at radius 1 is 1.21 bits per heavy atom. The van der Waals surface area contributed by atoms with Crippen LogP contribution in [0, 0.1) is 6.92 Å². The summed E-state index contributed by atoms with van der Waals surface area (Å²) in [5.41, 5.74) is 1.73. The Kier molecular flexibility index (Phi) is 4.83. The van der Waals surface area contributed by atoms with Crippen LogP contribution in [0.5, 0.6) is 5.75 Å². The van der Waals surface area contributed by atoms with Gasteiger partial charge >= 0.3 is 5.63 Å². The summed E-state index contributed by atoms with van der Waals surface area (Å²) in [7, 11) is 0. The van der Waals surface area contributed by atoms with Crippen LogP contribution < -0.4 is 15.3 Å². The number of amides is 1. The second kappa shape index (κ2) is 7.44. The molecule has 0 bridgehead atoms. The second-order valence-corrected chi connectivity index (χ2v) is 7.31. The van der Waals surface area contributed by atoms with E-state index in [2.05, 4.69) is 4.98 Å². The Labute approximate surface area is 165 Å². The van der Waals surface area contributed by atoms with Gasteiger partial charge in [-0.05, 0) is 43.7 Å². The number of carbonyl (C=O) groups is 1. The quantitative estimate of drug-likeness (QED) is 0.476. The van der Waals surface area contributed by atoms with Crippen molar-refractivity contribution in [2.24, 2.45) is 0 Å². The van der Waals surface area contributed by atoms with Gasteiger partial charge in [-0.25, -0.2) is 9.78 Å². The molecule has 0 atom stereocenters. The zero-order valence-electron chi connectivity index (χ0n) is 15.5. The molecule has 0 spiro atoms. The minimum absolute atomic E-state index is 0.134. The SMILES string of the molecule is CCN(C(=O)COc1ccc2c(C)cc(=O)oc2c1)c1nc2ccccc2s1. The van der Waals surface area contributed by atoms with Crippen LogP contribution in [0.15, 0.2) is 57.7 Å². The van der Waals surface area contributed by atoms with Gasteiger partial charge in [-0.1, -0.05) is 23.5 Å². The summed E-state index contributed by atoms with van der Waals surface area (Å²) in [6, 6.07) is 14.4. The van der Waals surface area contributed by atoms with Gasteiger partial charge in [0.05, 0.1) is 10.2 Å². The van der Waals surface area contributed by atoms with Crippen molar-refractivity contribution >= 4 is 43.6 Å². The molecular weight excluding hydrogens is 376 g/mol. The van der Waals surface area contributed by atoms with Crippen molar-refractivity contribution in [1.82, 2.24) is 4.98 Å². The molecule has 4 aromatic rings. The molecule has 0 aliphatic carbocycles. The average Bonchev–Trinajstić information content (AvgIpc) is 3.10. The highest BCUT2D eigenvalue weighted by atomic mass is 32.1. The Morgan fingerprint density at radius 2 is 2.04 bits per heavy atom. The lowest BCUT2D eigenvalue weighted by Crippen LogP contribution is -2.34. The van der Waals surface area contributed by atoms with E-state index >= 15 is 0 Å². The highest BCUT2D eigenvalue weighted by Crippen LogP contribution is 2.29. The van der Waals surface area contributed by atoms with Crippen molar-refractivity contribution in [1.29, 1.82) is 0 Å². The van der Waals surface area contributed by atoms with Crippen molar-refractivity contribution in [2.75, 3.05) is 18.1 Å². The van der Waals surface area contributed by atoms with Gasteiger partial charge in [-0.2, -0.15) is 0 Å². The molecule has 28 heavy (non-hydrogen) atoms. The molecule has 0 N–H and O–H groups in total. The number of thiazole rings is 1. The van der Waals surface area contributed by atoms with Gasteiger partial charge in [-0.3, -0.25) is 9.69 Å². The van der Waals surface area contributed by atoms with Gasteiger partial charge in [-0.15, -0.1) is 0 Å². The first kappa shape index (κ1) is 18.2. The number of aromatic nitrogens is 1. The molecule has 6 nitrogen and oxygen atoms in total. The van der Waals surface area contributed by atoms with Crippen molar-refractivity contribution in [3.05, 3.63) is 64.5 Å². The standard InChI is InChI=1S/C21H18N2O4S/c1-3-23(21-22-16-6-4-5-7-18(16)28-21)19(24)12-26-14-8-9-15-13(2)10-20(25)27-17(15)11-14/h4-11H,3,12H2,1-2H3. The number of para-hydroxylation sites is 1. The average molecular weight is 394 g/mol. The number of rotatable bonds is 5. The highest BCUT2D eigenvalue weighted by Gasteiger charge is 2.18. The number of likely N-dealkylation sites (N-methyl/N-ethyl adjacent to an activating group) is 1. The largest absolute Gasteiger partial charge is 0.484 e. The summed E-state index contributed by atoms with van der Waals surface area (Å²) in [5, 5.41) is 1.49. The summed E-state index contributed by atoms with van der Waals surface area (Å²) in [6.07, 6.45) is 0. The van der Waals surface area contributed by atoms with E-state index in [-0.39, 0.29) is 12.5 Å². The molecule has 1 amide bonds. The van der Waals surface area contributed by atoms with Crippen LogP contribution in [0.2, 0.25) is 0 Å². The van der Waals surface area contributed by atoms with Crippen molar-refractivity contribution in [2.45, 2.75) is 13.8 Å². The van der Waals surface area contributed by atoms with Crippen molar-refractivity contribution < 1.29 is 13.9 Å². The van der Waals surface area contributed by atoms with Crippen LogP contribution in [0.3, 0.4) is 0 Å². The zero-order valence-corrected chi connectivity index (χ0v) is 16.3. The first-order valence-corrected chi connectivity index (χ1v) is 9.70. The minimum atomic E-state index is -0.411. The molecule has 0 fully saturated rings. The number of fused-ring (bicyclic) bond motifs is 2. The predicted molar refractivity (Wildman–Crippen MR) is 110 cm³/mol. The van der Waals surface area contributed by atoms with E-state index in [0.717, 1.165) is 21.2 Å². The molecule has 142 valence electrons. The van der Waals surface area contributed by atoms with Crippen molar-refractivity contribution in [3.63, 3.8) is 0 Å². The lowest BCUT2D eigenvalue weighted by Gasteiger charge is -2.17. The van der Waals surface area contributed by atoms with Crippen LogP contribution in [-0.4, -0.2) is 24.0 Å². The van der Waals surface area contributed by atoms with Gasteiger partial charge < -0.3 is 9.15 Å². The summed E-state index contributed by atoms with van der Waals surface area (Å²) in [5.74, 6) is 0.280. The minimum Gasteiger partial charge on any atom is -0.484 e. The van der Waals surface area contributed by atoms with Crippen LogP contribution in [0.4, 0.5) is 5.13 Å². The number of benzene rings is 2. The van der Waals surface area contributed by atoms with Crippen LogP contribution in [-0.2, 0) is 4.79 Å². The molecule has 0 unspecified atom stereocenters. The number of anilines is 1. The van der Waals surface area contributed by atoms with Gasteiger partial charge in [0, 0.05) is 24.1 Å². The highest BCUT2D eigenvalue weighted by molar-refractivity contribution is 7.22. The third kappa shape index (κ3) is 3.48. The molecule has 0 saturated heterocycles. The van der Waals surface area contributed by atoms with E-state index in [0.29, 0.717) is 23.0 Å². The van der Waals surface area contributed by atoms with Crippen molar-refractivity contribution in [3.8, 4) is 5.75 Å². The number of carbonyl (C=O) groups excluding carboxylic acids is 1.